The maximum atomic E-state index is 12.5. The Balaban J connectivity index is 0.00000361. The van der Waals surface area contributed by atoms with Crippen LogP contribution in [-0.2, 0) is 7.05 Å². The van der Waals surface area contributed by atoms with Crippen LogP contribution < -0.4 is 15.4 Å². The van der Waals surface area contributed by atoms with Gasteiger partial charge in [0.1, 0.15) is 11.6 Å². The summed E-state index contributed by atoms with van der Waals surface area (Å²) in [6.45, 7) is 1.95. The molecule has 9 heteroatoms. The van der Waals surface area contributed by atoms with E-state index in [1.165, 1.54) is 0 Å². The van der Waals surface area contributed by atoms with E-state index in [2.05, 4.69) is 15.6 Å². The molecule has 0 saturated carbocycles. The summed E-state index contributed by atoms with van der Waals surface area (Å²) in [6.07, 6.45) is 5.52. The zero-order valence-electron chi connectivity index (χ0n) is 19.9. The number of nitrogens with one attached hydrogen (secondary N) is 2. The monoisotopic (exact) mass is 542 g/mol. The first-order valence-electron chi connectivity index (χ1n) is 10.8. The van der Waals surface area contributed by atoms with Crippen molar-refractivity contribution in [2.75, 3.05) is 17.7 Å². The lowest BCUT2D eigenvalue weighted by molar-refractivity contribution is 0.262. The van der Waals surface area contributed by atoms with Crippen molar-refractivity contribution in [2.45, 2.75) is 6.92 Å². The smallest absolute Gasteiger partial charge is 0.323 e. The number of urea groups is 1. The molecule has 0 aliphatic heterocycles. The van der Waals surface area contributed by atoms with Gasteiger partial charge >= 0.3 is 6.03 Å². The normalized spacial score (nSPS) is 10.7. The minimum absolute atomic E-state index is 0. The van der Waals surface area contributed by atoms with Gasteiger partial charge in [0, 0.05) is 28.3 Å². The van der Waals surface area contributed by atoms with E-state index in [1.54, 1.807) is 25.4 Å². The van der Waals surface area contributed by atoms with Crippen LogP contribution >= 0.6 is 35.6 Å². The minimum atomic E-state index is -0.354. The zero-order valence-corrected chi connectivity index (χ0v) is 22.2. The number of hydrogen-bond acceptors (Lipinski definition) is 3. The first-order chi connectivity index (χ1) is 16.9. The molecule has 2 N–H and O–H groups in total. The predicted octanol–water partition coefficient (Wildman–Crippen LogP) is 7.95. The van der Waals surface area contributed by atoms with E-state index < -0.39 is 0 Å². The standard InChI is InChI=1S/C27H24Cl2N4O2.ClH/c1-17-7-13-25(35-3)23(15-17)32-27(34)31-19-10-8-18(9-11-19)24-16-30-26(33(24)2)14-12-20-21(28)5-4-6-22(20)29;/h4-16H,1-3H3,(H2,31,32,34);1H/b14-12+;. The van der Waals surface area contributed by atoms with Crippen molar-refractivity contribution >= 4 is 65.2 Å². The van der Waals surface area contributed by atoms with Crippen LogP contribution in [0.5, 0.6) is 5.75 Å². The van der Waals surface area contributed by atoms with E-state index in [4.69, 9.17) is 27.9 Å². The number of nitrogens with zero attached hydrogens (tertiary/aromatic N) is 2. The third-order valence-corrected chi connectivity index (χ3v) is 6.12. The average Bonchev–Trinajstić information content (AvgIpc) is 3.19. The Morgan fingerprint density at radius 1 is 1.00 bits per heavy atom. The molecule has 4 rings (SSSR count). The highest BCUT2D eigenvalue weighted by molar-refractivity contribution is 6.37. The summed E-state index contributed by atoms with van der Waals surface area (Å²) in [4.78, 5) is 17.0. The van der Waals surface area contributed by atoms with Gasteiger partial charge in [-0.05, 0) is 66.6 Å². The number of amides is 2. The molecule has 3 aromatic carbocycles. The van der Waals surface area contributed by atoms with Gasteiger partial charge in [-0.1, -0.05) is 47.5 Å². The number of halogens is 3. The molecule has 0 spiro atoms. The van der Waals surface area contributed by atoms with Gasteiger partial charge in [0.25, 0.3) is 0 Å². The summed E-state index contributed by atoms with van der Waals surface area (Å²) in [6, 6.07) is 18.2. The molecule has 186 valence electrons. The maximum Gasteiger partial charge on any atom is 0.323 e. The number of aryl methyl sites for hydroxylation is 1. The van der Waals surface area contributed by atoms with Crippen LogP contribution in [0.4, 0.5) is 16.2 Å². The Morgan fingerprint density at radius 3 is 2.36 bits per heavy atom. The van der Waals surface area contributed by atoms with Crippen LogP contribution in [0.1, 0.15) is 17.0 Å². The van der Waals surface area contributed by atoms with Crippen LogP contribution in [-0.4, -0.2) is 22.7 Å². The van der Waals surface area contributed by atoms with Gasteiger partial charge in [-0.3, -0.25) is 0 Å². The summed E-state index contributed by atoms with van der Waals surface area (Å²) in [7, 11) is 3.50. The van der Waals surface area contributed by atoms with Crippen LogP contribution in [0, 0.1) is 6.92 Å². The Bertz CT molecular complexity index is 1380. The number of aromatic nitrogens is 2. The van der Waals surface area contributed by atoms with E-state index in [9.17, 15) is 4.79 Å². The Hall–Kier alpha value is -3.45. The van der Waals surface area contributed by atoms with Crippen LogP contribution in [0.2, 0.25) is 10.0 Å². The molecular weight excluding hydrogens is 519 g/mol. The molecule has 2 amide bonds. The Labute approximate surface area is 226 Å². The summed E-state index contributed by atoms with van der Waals surface area (Å²) in [5, 5.41) is 6.83. The first kappa shape index (κ1) is 27.1. The lowest BCUT2D eigenvalue weighted by Crippen LogP contribution is -2.19. The molecule has 4 aromatic rings. The van der Waals surface area contributed by atoms with Gasteiger partial charge < -0.3 is 19.9 Å². The summed E-state index contributed by atoms with van der Waals surface area (Å²) in [5.74, 6) is 1.35. The molecule has 1 aromatic heterocycles. The fourth-order valence-electron chi connectivity index (χ4n) is 3.60. The third kappa shape index (κ3) is 6.21. The molecule has 1 heterocycles. The topological polar surface area (TPSA) is 68.2 Å². The molecular formula is C27H25Cl3N4O2. The van der Waals surface area contributed by atoms with Crippen LogP contribution in [0.15, 0.2) is 66.9 Å². The van der Waals surface area contributed by atoms with Gasteiger partial charge in [0.05, 0.1) is 24.7 Å². The highest BCUT2D eigenvalue weighted by atomic mass is 35.5. The zero-order chi connectivity index (χ0) is 24.9. The highest BCUT2D eigenvalue weighted by Gasteiger charge is 2.10. The van der Waals surface area contributed by atoms with Crippen molar-refractivity contribution in [1.82, 2.24) is 9.55 Å². The Morgan fingerprint density at radius 2 is 1.69 bits per heavy atom. The lowest BCUT2D eigenvalue weighted by atomic mass is 10.1. The molecule has 0 aliphatic carbocycles. The quantitative estimate of drug-likeness (QED) is 0.259. The number of ether oxygens (including phenoxy) is 1. The van der Waals surface area contributed by atoms with E-state index in [0.29, 0.717) is 27.2 Å². The maximum absolute atomic E-state index is 12.5. The lowest BCUT2D eigenvalue weighted by Gasteiger charge is -2.12. The number of imidazole rings is 1. The second kappa shape index (κ2) is 12.0. The molecule has 0 bridgehead atoms. The number of anilines is 2. The molecule has 36 heavy (non-hydrogen) atoms. The second-order valence-corrected chi connectivity index (χ2v) is 8.70. The van der Waals surface area contributed by atoms with E-state index in [0.717, 1.165) is 28.2 Å². The number of benzene rings is 3. The first-order valence-corrected chi connectivity index (χ1v) is 11.6. The van der Waals surface area contributed by atoms with Gasteiger partial charge in [-0.2, -0.15) is 0 Å². The molecule has 0 saturated heterocycles. The average molecular weight is 544 g/mol. The molecule has 0 atom stereocenters. The second-order valence-electron chi connectivity index (χ2n) is 7.89. The third-order valence-electron chi connectivity index (χ3n) is 5.46. The molecule has 0 unspecified atom stereocenters. The van der Waals surface area contributed by atoms with E-state index >= 15 is 0 Å². The van der Waals surface area contributed by atoms with Gasteiger partial charge in [0.15, 0.2) is 0 Å². The molecule has 6 nitrogen and oxygen atoms in total. The molecule has 0 aliphatic rings. The Kier molecular flexibility index (Phi) is 9.04. The number of methoxy groups -OCH3 is 1. The SMILES string of the molecule is COc1ccc(C)cc1NC(=O)Nc1ccc(-c2cnc(/C=C/c3c(Cl)cccc3Cl)n2C)cc1.Cl. The summed E-state index contributed by atoms with van der Waals surface area (Å²) >= 11 is 12.5. The van der Waals surface area contributed by atoms with Crippen molar-refractivity contribution < 1.29 is 9.53 Å². The molecule has 0 fully saturated rings. The summed E-state index contributed by atoms with van der Waals surface area (Å²) < 4.78 is 7.29. The van der Waals surface area contributed by atoms with Gasteiger partial charge in [-0.25, -0.2) is 9.78 Å². The van der Waals surface area contributed by atoms with Crippen molar-refractivity contribution in [3.8, 4) is 17.0 Å². The fraction of sp³-hybridized carbons (Fsp3) is 0.111. The number of carbonyl (C=O) groups is 1. The van der Waals surface area contributed by atoms with Crippen molar-refractivity contribution in [3.05, 3.63) is 93.9 Å². The van der Waals surface area contributed by atoms with Crippen LogP contribution in [0.25, 0.3) is 23.4 Å². The number of hydrogen-bond donors (Lipinski definition) is 2. The van der Waals surface area contributed by atoms with E-state index in [-0.39, 0.29) is 18.4 Å². The van der Waals surface area contributed by atoms with Crippen molar-refractivity contribution in [2.24, 2.45) is 7.05 Å². The summed E-state index contributed by atoms with van der Waals surface area (Å²) in [5.41, 5.74) is 4.92. The van der Waals surface area contributed by atoms with Crippen LogP contribution in [0.3, 0.4) is 0 Å². The van der Waals surface area contributed by atoms with Gasteiger partial charge in [0.2, 0.25) is 0 Å². The fourth-order valence-corrected chi connectivity index (χ4v) is 4.13. The largest absolute Gasteiger partial charge is 0.495 e. The van der Waals surface area contributed by atoms with Crippen molar-refractivity contribution in [1.29, 1.82) is 0 Å². The highest BCUT2D eigenvalue weighted by Crippen LogP contribution is 2.28. The number of carbonyl (C=O) groups excluding carboxylic acids is 1. The number of rotatable bonds is 6. The van der Waals surface area contributed by atoms with Gasteiger partial charge in [-0.15, -0.1) is 12.4 Å². The minimum Gasteiger partial charge on any atom is -0.495 e. The molecule has 0 radical (unpaired) electrons. The predicted molar refractivity (Wildman–Crippen MR) is 152 cm³/mol. The van der Waals surface area contributed by atoms with E-state index in [1.807, 2.05) is 79.2 Å². The van der Waals surface area contributed by atoms with Crippen molar-refractivity contribution in [3.63, 3.8) is 0 Å².